The quantitative estimate of drug-likeness (QED) is 0.635. The molecule has 1 aliphatic heterocycles. The number of rotatable bonds is 6. The van der Waals surface area contributed by atoms with E-state index in [4.69, 9.17) is 4.74 Å². The maximum Gasteiger partial charge on any atom is 0.247 e. The van der Waals surface area contributed by atoms with E-state index in [0.717, 1.165) is 6.54 Å². The summed E-state index contributed by atoms with van der Waals surface area (Å²) in [5.74, 6) is 6.66. The molecule has 1 N–H and O–H groups in total. The fourth-order valence-corrected chi connectivity index (χ4v) is 5.84. The molecule has 0 saturated heterocycles. The Bertz CT molecular complexity index is 1120. The Morgan fingerprint density at radius 3 is 2.53 bits per heavy atom. The van der Waals surface area contributed by atoms with Gasteiger partial charge in [-0.1, -0.05) is 62.9 Å². The largest absolute Gasteiger partial charge is 0.487 e. The molecule has 2 aromatic rings. The number of hydrogen-bond donors (Lipinski definition) is 1. The molecule has 0 bridgehead atoms. The van der Waals surface area contributed by atoms with Crippen molar-refractivity contribution in [1.82, 2.24) is 9.21 Å². The van der Waals surface area contributed by atoms with E-state index in [1.54, 1.807) is 25.1 Å². The Hall–Kier alpha value is -2.37. The first kappa shape index (κ1) is 26.2. The van der Waals surface area contributed by atoms with Gasteiger partial charge in [0.05, 0.1) is 6.61 Å². The molecule has 1 aliphatic rings. The van der Waals surface area contributed by atoms with Crippen LogP contribution in [0, 0.1) is 23.7 Å². The van der Waals surface area contributed by atoms with Crippen LogP contribution in [0.1, 0.15) is 38.8 Å². The van der Waals surface area contributed by atoms with E-state index in [-0.39, 0.29) is 36.0 Å². The molecular formula is C27H36N2O4S. The van der Waals surface area contributed by atoms with Crippen molar-refractivity contribution in [2.75, 3.05) is 26.7 Å². The normalized spacial score (nSPS) is 21.1. The van der Waals surface area contributed by atoms with Crippen LogP contribution in [-0.4, -0.2) is 61.6 Å². The monoisotopic (exact) mass is 484 g/mol. The first-order chi connectivity index (χ1) is 16.1. The molecular weight excluding hydrogens is 448 g/mol. The minimum absolute atomic E-state index is 0.0967. The lowest BCUT2D eigenvalue weighted by Crippen LogP contribution is -2.49. The van der Waals surface area contributed by atoms with Gasteiger partial charge in [0.15, 0.2) is 0 Å². The van der Waals surface area contributed by atoms with Crippen LogP contribution in [0.4, 0.5) is 0 Å². The average molecular weight is 485 g/mol. The Labute approximate surface area is 204 Å². The molecule has 0 aliphatic carbocycles. The fraction of sp³-hybridized carbons (Fsp3) is 0.481. The summed E-state index contributed by atoms with van der Waals surface area (Å²) in [5, 5.41) is 9.79. The molecule has 3 rings (SSSR count). The van der Waals surface area contributed by atoms with Gasteiger partial charge in [0.1, 0.15) is 16.7 Å². The Morgan fingerprint density at radius 2 is 1.88 bits per heavy atom. The molecule has 0 radical (unpaired) electrons. The number of likely N-dealkylation sites (N-methyl/N-ethyl adjacent to an activating group) is 1. The summed E-state index contributed by atoms with van der Waals surface area (Å²) in [6.07, 6.45) is -0.246. The minimum atomic E-state index is -3.85. The predicted octanol–water partition coefficient (Wildman–Crippen LogP) is 3.59. The van der Waals surface area contributed by atoms with Gasteiger partial charge in [-0.3, -0.25) is 4.90 Å². The van der Waals surface area contributed by atoms with Gasteiger partial charge in [-0.25, -0.2) is 8.42 Å². The van der Waals surface area contributed by atoms with Crippen LogP contribution in [0.15, 0.2) is 53.4 Å². The van der Waals surface area contributed by atoms with Gasteiger partial charge >= 0.3 is 0 Å². The number of fused-ring (bicyclic) bond motifs is 1. The fourth-order valence-electron chi connectivity index (χ4n) is 4.02. The van der Waals surface area contributed by atoms with Crippen molar-refractivity contribution in [3.63, 3.8) is 0 Å². The number of aliphatic hydroxyl groups excluding tert-OH is 1. The van der Waals surface area contributed by atoms with Crippen LogP contribution in [0.2, 0.25) is 0 Å². The van der Waals surface area contributed by atoms with Gasteiger partial charge < -0.3 is 9.84 Å². The second-order valence-corrected chi connectivity index (χ2v) is 11.4. The molecule has 0 aromatic heterocycles. The summed E-state index contributed by atoms with van der Waals surface area (Å²) in [5.41, 5.74) is 1.92. The van der Waals surface area contributed by atoms with Gasteiger partial charge in [-0.2, -0.15) is 4.31 Å². The van der Waals surface area contributed by atoms with Crippen LogP contribution in [0.25, 0.3) is 0 Å². The number of ether oxygens (including phenoxy) is 1. The minimum Gasteiger partial charge on any atom is -0.487 e. The first-order valence-electron chi connectivity index (χ1n) is 11.8. The molecule has 1 heterocycles. The number of hydrogen-bond acceptors (Lipinski definition) is 5. The summed E-state index contributed by atoms with van der Waals surface area (Å²) in [4.78, 5) is 2.31. The van der Waals surface area contributed by atoms with Crippen molar-refractivity contribution in [2.45, 2.75) is 51.3 Å². The smallest absolute Gasteiger partial charge is 0.247 e. The van der Waals surface area contributed by atoms with Crippen molar-refractivity contribution in [3.05, 3.63) is 59.7 Å². The number of nitrogens with zero attached hydrogens (tertiary/aromatic N) is 2. The molecule has 0 spiro atoms. The molecule has 0 saturated carbocycles. The highest BCUT2D eigenvalue weighted by Crippen LogP contribution is 2.34. The van der Waals surface area contributed by atoms with Crippen molar-refractivity contribution in [3.8, 4) is 17.6 Å². The highest BCUT2D eigenvalue weighted by Gasteiger charge is 2.38. The molecule has 7 heteroatoms. The zero-order chi connectivity index (χ0) is 24.9. The van der Waals surface area contributed by atoms with Crippen LogP contribution in [0.3, 0.4) is 0 Å². The first-order valence-corrected chi connectivity index (χ1v) is 13.2. The maximum absolute atomic E-state index is 13.6. The third kappa shape index (κ3) is 6.39. The summed E-state index contributed by atoms with van der Waals surface area (Å²) < 4.78 is 34.9. The number of aliphatic hydroxyl groups is 1. The van der Waals surface area contributed by atoms with Crippen molar-refractivity contribution in [1.29, 1.82) is 0 Å². The third-order valence-electron chi connectivity index (χ3n) is 5.96. The Balaban J connectivity index is 1.99. The number of benzene rings is 2. The van der Waals surface area contributed by atoms with E-state index in [0.29, 0.717) is 17.9 Å². The lowest BCUT2D eigenvalue weighted by atomic mass is 10.0. The highest BCUT2D eigenvalue weighted by molar-refractivity contribution is 7.89. The molecule has 34 heavy (non-hydrogen) atoms. The van der Waals surface area contributed by atoms with Gasteiger partial charge in [0.25, 0.3) is 0 Å². The lowest BCUT2D eigenvalue weighted by Gasteiger charge is -2.37. The third-order valence-corrected chi connectivity index (χ3v) is 7.98. The summed E-state index contributed by atoms with van der Waals surface area (Å²) in [6.45, 7) is 9.15. The summed E-state index contributed by atoms with van der Waals surface area (Å²) >= 11 is 0. The van der Waals surface area contributed by atoms with Crippen LogP contribution in [-0.2, 0) is 16.6 Å². The molecule has 3 atom stereocenters. The van der Waals surface area contributed by atoms with Crippen molar-refractivity contribution >= 4 is 10.0 Å². The average Bonchev–Trinajstić information content (AvgIpc) is 2.80. The second-order valence-electron chi connectivity index (χ2n) is 9.51. The topological polar surface area (TPSA) is 70.1 Å². The summed E-state index contributed by atoms with van der Waals surface area (Å²) in [7, 11) is -1.81. The molecule has 2 aromatic carbocycles. The van der Waals surface area contributed by atoms with Gasteiger partial charge in [0, 0.05) is 43.1 Å². The van der Waals surface area contributed by atoms with E-state index in [2.05, 4.69) is 28.9 Å². The Kier molecular flexibility index (Phi) is 8.78. The van der Waals surface area contributed by atoms with Gasteiger partial charge in [-0.05, 0) is 37.7 Å². The highest BCUT2D eigenvalue weighted by atomic mass is 32.2. The predicted molar refractivity (Wildman–Crippen MR) is 135 cm³/mol. The molecule has 0 amide bonds. The second kappa shape index (κ2) is 11.4. The molecule has 0 fully saturated rings. The maximum atomic E-state index is 13.6. The molecule has 6 nitrogen and oxygen atoms in total. The van der Waals surface area contributed by atoms with Crippen LogP contribution < -0.4 is 4.74 Å². The SMILES string of the molecule is CC(C)C#Cc1ccc2c(c1)O[C@@H](CN(C)Cc1ccccc1)[C@@H](C)CN([C@H](C)CO)S2(=O)=O. The zero-order valence-corrected chi connectivity index (χ0v) is 21.5. The van der Waals surface area contributed by atoms with E-state index in [1.807, 2.05) is 46.0 Å². The summed E-state index contributed by atoms with van der Waals surface area (Å²) in [6, 6.07) is 14.7. The molecule has 0 unspecified atom stereocenters. The van der Waals surface area contributed by atoms with E-state index >= 15 is 0 Å². The standard InChI is InChI=1S/C27H36N2O4S/c1-20(2)11-12-23-13-14-27-25(15-23)33-26(18-28(5)17-24-9-7-6-8-10-24)21(3)16-29(22(4)19-30)34(27,31)32/h6-10,13-15,20-22,26,30H,16-19H2,1-5H3/t21-,22+,26-/m0/s1. The number of sulfonamides is 1. The van der Waals surface area contributed by atoms with Crippen LogP contribution in [0.5, 0.6) is 5.75 Å². The zero-order valence-electron chi connectivity index (χ0n) is 20.7. The molecule has 184 valence electrons. The van der Waals surface area contributed by atoms with Crippen molar-refractivity contribution in [2.24, 2.45) is 11.8 Å². The lowest BCUT2D eigenvalue weighted by molar-refractivity contribution is 0.0733. The van der Waals surface area contributed by atoms with Gasteiger partial charge in [-0.15, -0.1) is 0 Å². The van der Waals surface area contributed by atoms with Gasteiger partial charge in [0.2, 0.25) is 10.0 Å². The van der Waals surface area contributed by atoms with Crippen molar-refractivity contribution < 1.29 is 18.3 Å². The van der Waals surface area contributed by atoms with E-state index < -0.39 is 16.1 Å². The van der Waals surface area contributed by atoms with E-state index in [1.165, 1.54) is 9.87 Å². The Morgan fingerprint density at radius 1 is 1.18 bits per heavy atom. The van der Waals surface area contributed by atoms with E-state index in [9.17, 15) is 13.5 Å². The van der Waals surface area contributed by atoms with Crippen LogP contribution >= 0.6 is 0 Å².